The lowest BCUT2D eigenvalue weighted by Crippen LogP contribution is -2.20. The number of likely N-dealkylation sites (N-methyl/N-ethyl adjacent to an activating group) is 1. The van der Waals surface area contributed by atoms with Gasteiger partial charge in [0.05, 0.1) is 18.4 Å². The van der Waals surface area contributed by atoms with Gasteiger partial charge in [-0.2, -0.15) is 0 Å². The van der Waals surface area contributed by atoms with Gasteiger partial charge in [-0.05, 0) is 48.7 Å². The highest BCUT2D eigenvalue weighted by Crippen LogP contribution is 2.36. The van der Waals surface area contributed by atoms with Gasteiger partial charge in [0.1, 0.15) is 0 Å². The van der Waals surface area contributed by atoms with Crippen LogP contribution >= 0.6 is 11.8 Å². The first-order valence-corrected chi connectivity index (χ1v) is 11.6. The fraction of sp³-hybridized carbons (Fsp3) is 0.391. The molecule has 1 aromatic carbocycles. The molecule has 1 amide bonds. The third-order valence-electron chi connectivity index (χ3n) is 6.16. The molecule has 3 aromatic rings. The van der Waals surface area contributed by atoms with Gasteiger partial charge in [0.15, 0.2) is 16.7 Å². The van der Waals surface area contributed by atoms with E-state index in [0.29, 0.717) is 23.8 Å². The lowest BCUT2D eigenvalue weighted by atomic mass is 9.95. The topological polar surface area (TPSA) is 81.2 Å². The first kappa shape index (κ1) is 20.1. The SMILES string of the molecule is CN1C(=O)Cc2cc(C(=O)CSc3nnc(-c4ccco4)n3C3CCCCC3)ccc21. The van der Waals surface area contributed by atoms with Gasteiger partial charge in [-0.1, -0.05) is 31.0 Å². The number of amides is 1. The third-order valence-corrected chi connectivity index (χ3v) is 7.10. The van der Waals surface area contributed by atoms with E-state index in [1.165, 1.54) is 31.0 Å². The molecule has 2 aromatic heterocycles. The minimum absolute atomic E-state index is 0.0209. The third kappa shape index (κ3) is 3.80. The monoisotopic (exact) mass is 436 g/mol. The number of aromatic nitrogens is 3. The lowest BCUT2D eigenvalue weighted by Gasteiger charge is -2.25. The van der Waals surface area contributed by atoms with Gasteiger partial charge in [0.25, 0.3) is 0 Å². The number of hydrogen-bond donors (Lipinski definition) is 0. The number of benzene rings is 1. The van der Waals surface area contributed by atoms with E-state index in [4.69, 9.17) is 4.42 Å². The summed E-state index contributed by atoms with van der Waals surface area (Å²) < 4.78 is 7.75. The van der Waals surface area contributed by atoms with Crippen molar-refractivity contribution in [3.8, 4) is 11.6 Å². The molecule has 5 rings (SSSR count). The zero-order chi connectivity index (χ0) is 21.4. The molecule has 1 saturated carbocycles. The zero-order valence-electron chi connectivity index (χ0n) is 17.4. The Balaban J connectivity index is 1.36. The quantitative estimate of drug-likeness (QED) is 0.417. The molecule has 0 radical (unpaired) electrons. The fourth-order valence-corrected chi connectivity index (χ4v) is 5.37. The van der Waals surface area contributed by atoms with Gasteiger partial charge in [0.2, 0.25) is 11.7 Å². The van der Waals surface area contributed by atoms with Crippen LogP contribution in [0.3, 0.4) is 0 Å². The van der Waals surface area contributed by atoms with E-state index < -0.39 is 0 Å². The van der Waals surface area contributed by atoms with E-state index >= 15 is 0 Å². The van der Waals surface area contributed by atoms with Crippen LogP contribution in [0.5, 0.6) is 0 Å². The second-order valence-electron chi connectivity index (χ2n) is 8.13. The number of furan rings is 1. The summed E-state index contributed by atoms with van der Waals surface area (Å²) in [5.74, 6) is 1.77. The number of nitrogens with zero attached hydrogens (tertiary/aromatic N) is 4. The molecule has 0 saturated heterocycles. The van der Waals surface area contributed by atoms with E-state index in [1.54, 1.807) is 24.3 Å². The molecule has 1 aliphatic heterocycles. The van der Waals surface area contributed by atoms with Crippen molar-refractivity contribution in [1.82, 2.24) is 14.8 Å². The van der Waals surface area contributed by atoms with Gasteiger partial charge in [0, 0.05) is 24.3 Å². The molecular weight excluding hydrogens is 412 g/mol. The summed E-state index contributed by atoms with van der Waals surface area (Å²) in [6.07, 6.45) is 7.78. The predicted octanol–water partition coefficient (Wildman–Crippen LogP) is 4.54. The van der Waals surface area contributed by atoms with Crippen LogP contribution in [0.15, 0.2) is 46.2 Å². The highest BCUT2D eigenvalue weighted by molar-refractivity contribution is 7.99. The molecule has 31 heavy (non-hydrogen) atoms. The molecule has 160 valence electrons. The number of fused-ring (bicyclic) bond motifs is 1. The van der Waals surface area contributed by atoms with Crippen molar-refractivity contribution < 1.29 is 14.0 Å². The van der Waals surface area contributed by atoms with Crippen molar-refractivity contribution in [1.29, 1.82) is 0 Å². The Morgan fingerprint density at radius 1 is 1.19 bits per heavy atom. The maximum absolute atomic E-state index is 12.9. The Bertz CT molecular complexity index is 1120. The summed E-state index contributed by atoms with van der Waals surface area (Å²) in [6.45, 7) is 0. The molecule has 7 nitrogen and oxygen atoms in total. The van der Waals surface area contributed by atoms with Crippen LogP contribution in [0.4, 0.5) is 5.69 Å². The number of thioether (sulfide) groups is 1. The second kappa shape index (κ2) is 8.34. The van der Waals surface area contributed by atoms with Gasteiger partial charge in [-0.15, -0.1) is 10.2 Å². The number of rotatable bonds is 6. The van der Waals surface area contributed by atoms with Crippen LogP contribution < -0.4 is 4.90 Å². The molecule has 0 unspecified atom stereocenters. The maximum Gasteiger partial charge on any atom is 0.231 e. The van der Waals surface area contributed by atoms with Crippen LogP contribution in [0.2, 0.25) is 0 Å². The summed E-state index contributed by atoms with van der Waals surface area (Å²) in [5.41, 5.74) is 2.42. The fourth-order valence-electron chi connectivity index (χ4n) is 4.47. The normalized spacial score (nSPS) is 16.7. The van der Waals surface area contributed by atoms with Gasteiger partial charge >= 0.3 is 0 Å². The van der Waals surface area contributed by atoms with Crippen LogP contribution in [0.25, 0.3) is 11.6 Å². The number of ketones is 1. The first-order valence-electron chi connectivity index (χ1n) is 10.7. The van der Waals surface area contributed by atoms with E-state index in [2.05, 4.69) is 14.8 Å². The van der Waals surface area contributed by atoms with Crippen LogP contribution in [0.1, 0.15) is 54.1 Å². The Labute approximate surface area is 184 Å². The standard InChI is InChI=1S/C23H24N4O3S/c1-26-18-10-9-15(12-16(18)13-21(26)29)19(28)14-31-23-25-24-22(20-8-5-11-30-20)27(23)17-6-3-2-4-7-17/h5,8-12,17H,2-4,6-7,13-14H2,1H3. The van der Waals surface area contributed by atoms with Gasteiger partial charge in [-0.3, -0.25) is 14.2 Å². The van der Waals surface area contributed by atoms with E-state index in [-0.39, 0.29) is 17.4 Å². The maximum atomic E-state index is 12.9. The van der Waals surface area contributed by atoms with Crippen molar-refractivity contribution >= 4 is 29.1 Å². The van der Waals surface area contributed by atoms with Crippen LogP contribution in [-0.2, 0) is 11.2 Å². The van der Waals surface area contributed by atoms with Crippen molar-refractivity contribution in [3.05, 3.63) is 47.7 Å². The molecule has 1 fully saturated rings. The summed E-state index contributed by atoms with van der Waals surface area (Å²) >= 11 is 1.42. The molecule has 0 bridgehead atoms. The van der Waals surface area contributed by atoms with Crippen molar-refractivity contribution in [2.45, 2.75) is 49.7 Å². The number of carbonyl (C=O) groups excluding carboxylic acids is 2. The molecule has 8 heteroatoms. The molecule has 0 N–H and O–H groups in total. The summed E-state index contributed by atoms with van der Waals surface area (Å²) in [6, 6.07) is 9.57. The molecule has 0 atom stereocenters. The summed E-state index contributed by atoms with van der Waals surface area (Å²) in [5, 5.41) is 9.55. The van der Waals surface area contributed by atoms with Gasteiger partial charge < -0.3 is 9.32 Å². The van der Waals surface area contributed by atoms with E-state index in [9.17, 15) is 9.59 Å². The van der Waals surface area contributed by atoms with Crippen molar-refractivity contribution in [2.24, 2.45) is 0 Å². The minimum Gasteiger partial charge on any atom is -0.461 e. The van der Waals surface area contributed by atoms with Crippen molar-refractivity contribution in [3.63, 3.8) is 0 Å². The molecule has 1 aliphatic carbocycles. The molecule has 3 heterocycles. The largest absolute Gasteiger partial charge is 0.461 e. The molecule has 2 aliphatic rings. The Morgan fingerprint density at radius 2 is 2.03 bits per heavy atom. The average Bonchev–Trinajstić information content (AvgIpc) is 3.52. The Hall–Kier alpha value is -2.87. The van der Waals surface area contributed by atoms with Gasteiger partial charge in [-0.25, -0.2) is 0 Å². The Morgan fingerprint density at radius 3 is 2.81 bits per heavy atom. The summed E-state index contributed by atoms with van der Waals surface area (Å²) in [4.78, 5) is 26.5. The van der Waals surface area contributed by atoms with E-state index in [0.717, 1.165) is 35.1 Å². The van der Waals surface area contributed by atoms with E-state index in [1.807, 2.05) is 24.3 Å². The second-order valence-corrected chi connectivity index (χ2v) is 9.07. The molecule has 0 spiro atoms. The zero-order valence-corrected chi connectivity index (χ0v) is 18.2. The predicted molar refractivity (Wildman–Crippen MR) is 118 cm³/mol. The highest BCUT2D eigenvalue weighted by Gasteiger charge is 2.27. The number of hydrogen-bond acceptors (Lipinski definition) is 6. The first-order chi connectivity index (χ1) is 15.1. The Kier molecular flexibility index (Phi) is 5.40. The molecular formula is C23H24N4O3S. The average molecular weight is 437 g/mol. The van der Waals surface area contributed by atoms with Crippen molar-refractivity contribution in [2.75, 3.05) is 17.7 Å². The van der Waals surface area contributed by atoms with Crippen LogP contribution in [-0.4, -0.2) is 39.3 Å². The number of Topliss-reactive ketones (excluding diaryl/α,β-unsaturated/α-hetero) is 1. The minimum atomic E-state index is 0.0209. The highest BCUT2D eigenvalue weighted by atomic mass is 32.2. The summed E-state index contributed by atoms with van der Waals surface area (Å²) in [7, 11) is 1.76. The number of anilines is 1. The number of carbonyl (C=O) groups is 2. The smallest absolute Gasteiger partial charge is 0.231 e. The lowest BCUT2D eigenvalue weighted by molar-refractivity contribution is -0.117. The van der Waals surface area contributed by atoms with Crippen LogP contribution in [0, 0.1) is 0 Å².